The Bertz CT molecular complexity index is 228. The first-order valence-electron chi connectivity index (χ1n) is 3.98. The largest absolute Gasteiger partial charge is 0.479 e. The minimum Gasteiger partial charge on any atom is -0.479 e. The Morgan fingerprint density at radius 1 is 1.07 bits per heavy atom. The summed E-state index contributed by atoms with van der Waals surface area (Å²) in [4.78, 5) is 19.5. The van der Waals surface area contributed by atoms with E-state index in [4.69, 9.17) is 5.11 Å². The Morgan fingerprint density at radius 2 is 1.43 bits per heavy atom. The minimum absolute atomic E-state index is 0.546. The van der Waals surface area contributed by atoms with Gasteiger partial charge in [-0.1, -0.05) is 36.4 Å². The van der Waals surface area contributed by atoms with Crippen LogP contribution < -0.4 is 0 Å². The molecule has 1 rings (SSSR count). The predicted octanol–water partition coefficient (Wildman–Crippen LogP) is 1.32. The van der Waals surface area contributed by atoms with Gasteiger partial charge in [-0.05, 0) is 0 Å². The highest BCUT2D eigenvalue weighted by molar-refractivity contribution is 5.73. The van der Waals surface area contributed by atoms with Crippen LogP contribution in [0.2, 0.25) is 0 Å². The van der Waals surface area contributed by atoms with Crippen molar-refractivity contribution in [1.82, 2.24) is 0 Å². The fourth-order valence-corrected chi connectivity index (χ4v) is 0.548. The third-order valence-corrected chi connectivity index (χ3v) is 1.07. The summed E-state index contributed by atoms with van der Waals surface area (Å²) in [6.45, 7) is 0.609. The van der Waals surface area contributed by atoms with Crippen molar-refractivity contribution in [2.75, 3.05) is 6.61 Å². The molecule has 1 aromatic carbocycles. The molecule has 0 saturated carbocycles. The lowest BCUT2D eigenvalue weighted by Crippen LogP contribution is -2.09. The van der Waals surface area contributed by atoms with Crippen LogP contribution in [0, 0.1) is 0 Å². The van der Waals surface area contributed by atoms with Gasteiger partial charge in [-0.25, -0.2) is 4.79 Å². The maximum absolute atomic E-state index is 9.86. The molecule has 76 valence electrons. The monoisotopic (exact) mass is 196 g/mol. The summed E-state index contributed by atoms with van der Waals surface area (Å²) in [5.74, 6) is -1.72. The Hall–Kier alpha value is -1.84. The number of benzene rings is 1. The van der Waals surface area contributed by atoms with Crippen molar-refractivity contribution in [2.45, 2.75) is 6.92 Å². The van der Waals surface area contributed by atoms with E-state index in [1.807, 2.05) is 36.4 Å². The minimum atomic E-state index is -1.14. The third kappa shape index (κ3) is 10.2. The van der Waals surface area contributed by atoms with Crippen LogP contribution in [0.15, 0.2) is 36.4 Å². The zero-order chi connectivity index (χ0) is 10.8. The average Bonchev–Trinajstić information content (AvgIpc) is 2.18. The maximum Gasteiger partial charge on any atom is 0.341 e. The van der Waals surface area contributed by atoms with E-state index in [9.17, 15) is 9.59 Å². The second-order valence-corrected chi connectivity index (χ2v) is 2.33. The lowest BCUT2D eigenvalue weighted by Gasteiger charge is -1.92. The van der Waals surface area contributed by atoms with Crippen molar-refractivity contribution in [1.29, 1.82) is 0 Å². The number of aliphatic carboxylic acids is 1. The number of carboxylic acid groups (broad SMARTS) is 1. The standard InChI is InChI=1S/C6H6.C4H6O4/c1-2-4-6-5-3-1;1-3(5)8-2-4(6)7/h1-6H;2H2,1H3,(H,6,7). The van der Waals surface area contributed by atoms with Gasteiger partial charge in [0.15, 0.2) is 6.61 Å². The summed E-state index contributed by atoms with van der Waals surface area (Å²) >= 11 is 0. The zero-order valence-electron chi connectivity index (χ0n) is 7.84. The number of rotatable bonds is 2. The van der Waals surface area contributed by atoms with Crippen molar-refractivity contribution < 1.29 is 19.4 Å². The third-order valence-electron chi connectivity index (χ3n) is 1.07. The van der Waals surface area contributed by atoms with E-state index in [1.54, 1.807) is 0 Å². The molecular formula is C10H12O4. The molecular weight excluding hydrogens is 184 g/mol. The molecule has 0 fully saturated rings. The Balaban J connectivity index is 0.000000249. The summed E-state index contributed by atoms with van der Waals surface area (Å²) in [5.41, 5.74) is 0. The number of esters is 1. The summed E-state index contributed by atoms with van der Waals surface area (Å²) in [6.07, 6.45) is 0. The number of ether oxygens (including phenoxy) is 1. The van der Waals surface area contributed by atoms with E-state index in [2.05, 4.69) is 4.74 Å². The van der Waals surface area contributed by atoms with Gasteiger partial charge in [0, 0.05) is 6.92 Å². The molecule has 0 aliphatic heterocycles. The fourth-order valence-electron chi connectivity index (χ4n) is 0.548. The molecule has 14 heavy (non-hydrogen) atoms. The van der Waals surface area contributed by atoms with Gasteiger partial charge in [0.1, 0.15) is 0 Å². The van der Waals surface area contributed by atoms with Crippen molar-refractivity contribution in [3.8, 4) is 0 Å². The van der Waals surface area contributed by atoms with Crippen LogP contribution in [0.5, 0.6) is 0 Å². The first kappa shape index (κ1) is 12.2. The van der Waals surface area contributed by atoms with Gasteiger partial charge in [-0.2, -0.15) is 0 Å². The summed E-state index contributed by atoms with van der Waals surface area (Å²) < 4.78 is 4.06. The van der Waals surface area contributed by atoms with Crippen molar-refractivity contribution in [3.05, 3.63) is 36.4 Å². The van der Waals surface area contributed by atoms with Gasteiger partial charge in [0.25, 0.3) is 0 Å². The Kier molecular flexibility index (Phi) is 6.77. The van der Waals surface area contributed by atoms with Crippen LogP contribution in [-0.4, -0.2) is 23.7 Å². The maximum atomic E-state index is 9.86. The van der Waals surface area contributed by atoms with Crippen LogP contribution in [0.25, 0.3) is 0 Å². The van der Waals surface area contributed by atoms with Gasteiger partial charge in [-0.3, -0.25) is 4.79 Å². The molecule has 0 aromatic heterocycles. The fraction of sp³-hybridized carbons (Fsp3) is 0.200. The van der Waals surface area contributed by atoms with Crippen molar-refractivity contribution >= 4 is 11.9 Å². The SMILES string of the molecule is CC(=O)OCC(=O)O.c1ccccc1. The normalized spacial score (nSPS) is 8.07. The molecule has 4 heteroatoms. The summed E-state index contributed by atoms with van der Waals surface area (Å²) in [5, 5.41) is 7.89. The Labute approximate surface area is 82.1 Å². The van der Waals surface area contributed by atoms with Gasteiger partial charge in [-0.15, -0.1) is 0 Å². The van der Waals surface area contributed by atoms with Crippen LogP contribution in [0.3, 0.4) is 0 Å². The molecule has 0 amide bonds. The van der Waals surface area contributed by atoms with E-state index in [-0.39, 0.29) is 0 Å². The molecule has 0 saturated heterocycles. The van der Waals surface area contributed by atoms with E-state index < -0.39 is 18.5 Å². The second-order valence-electron chi connectivity index (χ2n) is 2.33. The van der Waals surface area contributed by atoms with E-state index in [0.29, 0.717) is 0 Å². The molecule has 0 heterocycles. The topological polar surface area (TPSA) is 63.6 Å². The molecule has 0 bridgehead atoms. The van der Waals surface area contributed by atoms with Gasteiger partial charge in [0.05, 0.1) is 0 Å². The summed E-state index contributed by atoms with van der Waals surface area (Å²) in [7, 11) is 0. The zero-order valence-corrected chi connectivity index (χ0v) is 7.84. The van der Waals surface area contributed by atoms with Crippen molar-refractivity contribution in [2.24, 2.45) is 0 Å². The van der Waals surface area contributed by atoms with Crippen LogP contribution in [0.1, 0.15) is 6.92 Å². The van der Waals surface area contributed by atoms with Crippen LogP contribution in [-0.2, 0) is 14.3 Å². The number of hydrogen-bond acceptors (Lipinski definition) is 3. The van der Waals surface area contributed by atoms with Crippen LogP contribution >= 0.6 is 0 Å². The predicted molar refractivity (Wildman–Crippen MR) is 50.7 cm³/mol. The highest BCUT2D eigenvalue weighted by Crippen LogP contribution is 1.79. The highest BCUT2D eigenvalue weighted by atomic mass is 16.5. The van der Waals surface area contributed by atoms with E-state index in [0.717, 1.165) is 6.92 Å². The Morgan fingerprint density at radius 3 is 1.57 bits per heavy atom. The number of carboxylic acids is 1. The van der Waals surface area contributed by atoms with Crippen LogP contribution in [0.4, 0.5) is 0 Å². The number of carbonyl (C=O) groups is 2. The molecule has 0 radical (unpaired) electrons. The molecule has 0 aliphatic rings. The quantitative estimate of drug-likeness (QED) is 0.724. The van der Waals surface area contributed by atoms with Gasteiger partial charge in [0.2, 0.25) is 0 Å². The highest BCUT2D eigenvalue weighted by Gasteiger charge is 1.97. The molecule has 0 unspecified atom stereocenters. The first-order valence-corrected chi connectivity index (χ1v) is 3.98. The smallest absolute Gasteiger partial charge is 0.341 e. The first-order chi connectivity index (χ1) is 6.63. The molecule has 4 nitrogen and oxygen atoms in total. The molecule has 0 aliphatic carbocycles. The number of carbonyl (C=O) groups excluding carboxylic acids is 1. The second kappa shape index (κ2) is 7.79. The van der Waals surface area contributed by atoms with E-state index >= 15 is 0 Å². The van der Waals surface area contributed by atoms with Crippen molar-refractivity contribution in [3.63, 3.8) is 0 Å². The van der Waals surface area contributed by atoms with Gasteiger partial charge < -0.3 is 9.84 Å². The van der Waals surface area contributed by atoms with Gasteiger partial charge >= 0.3 is 11.9 Å². The average molecular weight is 196 g/mol. The molecule has 1 aromatic rings. The molecule has 1 N–H and O–H groups in total. The lowest BCUT2D eigenvalue weighted by atomic mass is 10.4. The number of hydrogen-bond donors (Lipinski definition) is 1. The molecule has 0 spiro atoms. The lowest BCUT2D eigenvalue weighted by molar-refractivity contribution is -0.153. The summed E-state index contributed by atoms with van der Waals surface area (Å²) in [6, 6.07) is 12.0. The molecule has 0 atom stereocenters. The van der Waals surface area contributed by atoms with E-state index in [1.165, 1.54) is 0 Å².